The highest BCUT2D eigenvalue weighted by Crippen LogP contribution is 2.28. The predicted octanol–water partition coefficient (Wildman–Crippen LogP) is 5.44. The van der Waals surface area contributed by atoms with E-state index in [9.17, 15) is 5.11 Å². The van der Waals surface area contributed by atoms with Crippen molar-refractivity contribution >= 4 is 22.6 Å². The average molecular weight is 377 g/mol. The molecule has 4 heteroatoms. The van der Waals surface area contributed by atoms with Crippen LogP contribution >= 0.6 is 11.6 Å². The minimum Gasteiger partial charge on any atom is -0.380 e. The maximum absolute atomic E-state index is 11.0. The molecule has 0 saturated carbocycles. The molecule has 4 rings (SSSR count). The van der Waals surface area contributed by atoms with Crippen molar-refractivity contribution in [2.75, 3.05) is 0 Å². The second kappa shape index (κ2) is 7.18. The molecule has 4 aromatic rings. The second-order valence-electron chi connectivity index (χ2n) is 6.92. The third-order valence-electron chi connectivity index (χ3n) is 4.98. The van der Waals surface area contributed by atoms with Crippen LogP contribution in [0.4, 0.5) is 0 Å². The van der Waals surface area contributed by atoms with Gasteiger partial charge in [0.05, 0.1) is 11.0 Å². The van der Waals surface area contributed by atoms with Crippen molar-refractivity contribution < 1.29 is 5.11 Å². The highest BCUT2D eigenvalue weighted by Gasteiger charge is 2.20. The first-order valence-electron chi connectivity index (χ1n) is 8.98. The maximum Gasteiger partial charge on any atom is 0.143 e. The van der Waals surface area contributed by atoms with Gasteiger partial charge in [-0.2, -0.15) is 0 Å². The number of aryl methyl sites for hydroxylation is 2. The zero-order chi connectivity index (χ0) is 19.0. The Morgan fingerprint density at radius 1 is 0.963 bits per heavy atom. The quantitative estimate of drug-likeness (QED) is 0.515. The number of aliphatic hydroxyl groups excluding tert-OH is 1. The van der Waals surface area contributed by atoms with Crippen molar-refractivity contribution in [1.82, 2.24) is 9.55 Å². The van der Waals surface area contributed by atoms with Gasteiger partial charge < -0.3 is 9.67 Å². The molecule has 1 atom stereocenters. The molecule has 0 bridgehead atoms. The molecular weight excluding hydrogens is 356 g/mol. The fourth-order valence-electron chi connectivity index (χ4n) is 3.38. The van der Waals surface area contributed by atoms with Crippen LogP contribution in [0.15, 0.2) is 66.7 Å². The fraction of sp³-hybridized carbons (Fsp3) is 0.174. The molecule has 0 aliphatic carbocycles. The van der Waals surface area contributed by atoms with Crippen LogP contribution in [0.1, 0.15) is 34.2 Å². The van der Waals surface area contributed by atoms with Crippen LogP contribution in [0, 0.1) is 13.8 Å². The van der Waals surface area contributed by atoms with E-state index in [4.69, 9.17) is 16.6 Å². The molecule has 136 valence electrons. The van der Waals surface area contributed by atoms with Crippen molar-refractivity contribution in [2.45, 2.75) is 26.5 Å². The minimum atomic E-state index is -0.793. The molecule has 0 amide bonds. The van der Waals surface area contributed by atoms with Gasteiger partial charge in [-0.1, -0.05) is 54.1 Å². The first-order chi connectivity index (χ1) is 13.0. The summed E-state index contributed by atoms with van der Waals surface area (Å²) in [4.78, 5) is 4.79. The van der Waals surface area contributed by atoms with Gasteiger partial charge in [-0.15, -0.1) is 0 Å². The standard InChI is InChI=1S/C23H21ClN2O/c1-15-11-20-21(12-16(15)2)26(14-17-7-6-10-19(24)13-17)23(25-20)22(27)18-8-4-3-5-9-18/h3-13,22,27H,14H2,1-2H3. The molecule has 0 fully saturated rings. The molecule has 27 heavy (non-hydrogen) atoms. The number of nitrogens with zero attached hydrogens (tertiary/aromatic N) is 2. The van der Waals surface area contributed by atoms with Crippen LogP contribution in [-0.2, 0) is 6.54 Å². The Hall–Kier alpha value is -2.62. The normalized spacial score (nSPS) is 12.4. The zero-order valence-electron chi connectivity index (χ0n) is 15.4. The molecule has 0 saturated heterocycles. The summed E-state index contributed by atoms with van der Waals surface area (Å²) >= 11 is 6.17. The van der Waals surface area contributed by atoms with Crippen LogP contribution in [0.25, 0.3) is 11.0 Å². The van der Waals surface area contributed by atoms with Gasteiger partial charge in [-0.05, 0) is 60.4 Å². The van der Waals surface area contributed by atoms with E-state index < -0.39 is 6.10 Å². The monoisotopic (exact) mass is 376 g/mol. The van der Waals surface area contributed by atoms with Gasteiger partial charge in [-0.25, -0.2) is 4.98 Å². The Bertz CT molecular complexity index is 1100. The fourth-order valence-corrected chi connectivity index (χ4v) is 3.59. The van der Waals surface area contributed by atoms with E-state index in [1.165, 1.54) is 11.1 Å². The number of fused-ring (bicyclic) bond motifs is 1. The van der Waals surface area contributed by atoms with Crippen LogP contribution in [0.3, 0.4) is 0 Å². The van der Waals surface area contributed by atoms with E-state index >= 15 is 0 Å². The SMILES string of the molecule is Cc1cc2nc(C(O)c3ccccc3)n(Cc3cccc(Cl)c3)c2cc1C. The molecule has 3 nitrogen and oxygen atoms in total. The zero-order valence-corrected chi connectivity index (χ0v) is 16.1. The van der Waals surface area contributed by atoms with Gasteiger partial charge in [0.2, 0.25) is 0 Å². The van der Waals surface area contributed by atoms with Crippen LogP contribution < -0.4 is 0 Å². The number of aromatic nitrogens is 2. The molecular formula is C23H21ClN2O. The van der Waals surface area contributed by atoms with Gasteiger partial charge in [-0.3, -0.25) is 0 Å². The van der Waals surface area contributed by atoms with Gasteiger partial charge in [0, 0.05) is 11.6 Å². The van der Waals surface area contributed by atoms with Gasteiger partial charge >= 0.3 is 0 Å². The number of halogens is 1. The topological polar surface area (TPSA) is 38.1 Å². The summed E-state index contributed by atoms with van der Waals surface area (Å²) in [5, 5.41) is 11.7. The highest BCUT2D eigenvalue weighted by atomic mass is 35.5. The van der Waals surface area contributed by atoms with E-state index in [1.54, 1.807) is 0 Å². The maximum atomic E-state index is 11.0. The average Bonchev–Trinajstić information content (AvgIpc) is 2.99. The molecule has 0 aliphatic heterocycles. The summed E-state index contributed by atoms with van der Waals surface area (Å²) < 4.78 is 2.09. The number of aliphatic hydroxyl groups is 1. The van der Waals surface area contributed by atoms with E-state index in [1.807, 2.05) is 54.6 Å². The largest absolute Gasteiger partial charge is 0.380 e. The first-order valence-corrected chi connectivity index (χ1v) is 9.35. The predicted molar refractivity (Wildman–Crippen MR) is 110 cm³/mol. The lowest BCUT2D eigenvalue weighted by Crippen LogP contribution is -2.11. The molecule has 1 heterocycles. The number of hydrogen-bond donors (Lipinski definition) is 1. The number of imidazole rings is 1. The van der Waals surface area contributed by atoms with Gasteiger partial charge in [0.1, 0.15) is 11.9 Å². The van der Waals surface area contributed by atoms with Crippen molar-refractivity contribution in [1.29, 1.82) is 0 Å². The van der Waals surface area contributed by atoms with Crippen molar-refractivity contribution in [3.05, 3.63) is 99.8 Å². The molecule has 1 N–H and O–H groups in total. The number of rotatable bonds is 4. The summed E-state index contributed by atoms with van der Waals surface area (Å²) in [6.07, 6.45) is -0.793. The molecule has 0 aliphatic rings. The molecule has 1 unspecified atom stereocenters. The van der Waals surface area contributed by atoms with Gasteiger partial charge in [0.15, 0.2) is 0 Å². The lowest BCUT2D eigenvalue weighted by Gasteiger charge is -2.15. The molecule has 3 aromatic carbocycles. The van der Waals surface area contributed by atoms with E-state index in [0.717, 1.165) is 22.2 Å². The van der Waals surface area contributed by atoms with E-state index in [-0.39, 0.29) is 0 Å². The van der Waals surface area contributed by atoms with Crippen molar-refractivity contribution in [3.8, 4) is 0 Å². The molecule has 1 aromatic heterocycles. The van der Waals surface area contributed by atoms with E-state index in [0.29, 0.717) is 17.4 Å². The summed E-state index contributed by atoms with van der Waals surface area (Å²) in [6.45, 7) is 4.77. The van der Waals surface area contributed by atoms with Crippen molar-refractivity contribution in [3.63, 3.8) is 0 Å². The van der Waals surface area contributed by atoms with E-state index in [2.05, 4.69) is 30.5 Å². The summed E-state index contributed by atoms with van der Waals surface area (Å²) in [6, 6.07) is 21.7. The molecule has 0 radical (unpaired) electrons. The smallest absolute Gasteiger partial charge is 0.143 e. The Morgan fingerprint density at radius 3 is 2.44 bits per heavy atom. The van der Waals surface area contributed by atoms with Gasteiger partial charge in [0.25, 0.3) is 0 Å². The highest BCUT2D eigenvalue weighted by molar-refractivity contribution is 6.30. The number of hydrogen-bond acceptors (Lipinski definition) is 2. The summed E-state index contributed by atoms with van der Waals surface area (Å²) in [7, 11) is 0. The van der Waals surface area contributed by atoms with Crippen LogP contribution in [0.5, 0.6) is 0 Å². The lowest BCUT2D eigenvalue weighted by atomic mass is 10.1. The Labute approximate surface area is 163 Å². The molecule has 0 spiro atoms. The second-order valence-corrected chi connectivity index (χ2v) is 7.36. The Balaban J connectivity index is 1.89. The lowest BCUT2D eigenvalue weighted by molar-refractivity contribution is 0.206. The Kier molecular flexibility index (Phi) is 4.73. The van der Waals surface area contributed by atoms with Crippen molar-refractivity contribution in [2.24, 2.45) is 0 Å². The summed E-state index contributed by atoms with van der Waals surface area (Å²) in [5.41, 5.74) is 6.20. The summed E-state index contributed by atoms with van der Waals surface area (Å²) in [5.74, 6) is 0.640. The first kappa shape index (κ1) is 17.8. The Morgan fingerprint density at radius 2 is 1.70 bits per heavy atom. The third kappa shape index (κ3) is 3.48. The van der Waals surface area contributed by atoms with Crippen LogP contribution in [0.2, 0.25) is 5.02 Å². The van der Waals surface area contributed by atoms with Crippen LogP contribution in [-0.4, -0.2) is 14.7 Å². The third-order valence-corrected chi connectivity index (χ3v) is 5.22. The minimum absolute atomic E-state index is 0.596. The number of benzene rings is 3.